The molecule has 2 heterocycles. The summed E-state index contributed by atoms with van der Waals surface area (Å²) < 4.78 is 23.3. The van der Waals surface area contributed by atoms with Crippen molar-refractivity contribution in [2.45, 2.75) is 12.5 Å². The molecule has 0 saturated carbocycles. The van der Waals surface area contributed by atoms with E-state index in [2.05, 4.69) is 23.2 Å². The number of hydrogen-bond donors (Lipinski definition) is 1. The summed E-state index contributed by atoms with van der Waals surface area (Å²) >= 11 is 0. The Bertz CT molecular complexity index is 1070. The quantitative estimate of drug-likeness (QED) is 0.772. The second kappa shape index (κ2) is 6.29. The summed E-state index contributed by atoms with van der Waals surface area (Å²) in [7, 11) is -1.33. The minimum absolute atomic E-state index is 0.0590. The van der Waals surface area contributed by atoms with Crippen molar-refractivity contribution in [3.63, 3.8) is 0 Å². The molecule has 1 saturated heterocycles. The van der Waals surface area contributed by atoms with E-state index in [-0.39, 0.29) is 23.5 Å². The van der Waals surface area contributed by atoms with Gasteiger partial charge >= 0.3 is 0 Å². The van der Waals surface area contributed by atoms with Crippen LogP contribution in [-0.2, 0) is 9.84 Å². The zero-order valence-corrected chi connectivity index (χ0v) is 15.3. The third-order valence-corrected chi connectivity index (χ3v) is 6.85. The Morgan fingerprint density at radius 1 is 1.08 bits per heavy atom. The van der Waals surface area contributed by atoms with Crippen molar-refractivity contribution in [1.82, 2.24) is 9.88 Å². The maximum atomic E-state index is 12.7. The number of hydrogen-bond acceptors (Lipinski definition) is 3. The van der Waals surface area contributed by atoms with Crippen LogP contribution in [0, 0.1) is 0 Å². The Balaban J connectivity index is 1.54. The summed E-state index contributed by atoms with van der Waals surface area (Å²) in [6.45, 7) is 0. The van der Waals surface area contributed by atoms with Crippen molar-refractivity contribution < 1.29 is 13.2 Å². The van der Waals surface area contributed by atoms with E-state index in [9.17, 15) is 13.2 Å². The van der Waals surface area contributed by atoms with E-state index in [4.69, 9.17) is 0 Å². The van der Waals surface area contributed by atoms with E-state index in [1.54, 1.807) is 24.1 Å². The molecule has 134 valence electrons. The van der Waals surface area contributed by atoms with Crippen LogP contribution in [0.2, 0.25) is 0 Å². The zero-order valence-electron chi connectivity index (χ0n) is 14.5. The fourth-order valence-electron chi connectivity index (χ4n) is 3.48. The van der Waals surface area contributed by atoms with Crippen LogP contribution in [0.1, 0.15) is 16.8 Å². The molecule has 0 radical (unpaired) electrons. The second-order valence-electron chi connectivity index (χ2n) is 6.83. The van der Waals surface area contributed by atoms with Crippen LogP contribution >= 0.6 is 0 Å². The highest BCUT2D eigenvalue weighted by Gasteiger charge is 2.32. The number of nitrogens with one attached hydrogen (secondary N) is 1. The molecule has 1 aliphatic heterocycles. The third-order valence-electron chi connectivity index (χ3n) is 5.10. The number of H-pyrrole nitrogens is 1. The molecule has 5 nitrogen and oxygen atoms in total. The first-order chi connectivity index (χ1) is 12.4. The number of carbonyl (C=O) groups is 1. The van der Waals surface area contributed by atoms with Crippen LogP contribution in [0.3, 0.4) is 0 Å². The van der Waals surface area contributed by atoms with Crippen molar-refractivity contribution in [2.24, 2.45) is 0 Å². The van der Waals surface area contributed by atoms with Crippen molar-refractivity contribution in [3.8, 4) is 11.1 Å². The summed E-state index contributed by atoms with van der Waals surface area (Å²) in [5.41, 5.74) is 3.75. The number of aromatic amines is 1. The van der Waals surface area contributed by atoms with Crippen LogP contribution in [0.4, 0.5) is 0 Å². The lowest BCUT2D eigenvalue weighted by Crippen LogP contribution is -2.37. The first-order valence-electron chi connectivity index (χ1n) is 8.58. The maximum Gasteiger partial charge on any atom is 0.253 e. The molecule has 1 aliphatic rings. The molecule has 4 rings (SSSR count). The number of rotatable bonds is 3. The predicted molar refractivity (Wildman–Crippen MR) is 103 cm³/mol. The van der Waals surface area contributed by atoms with E-state index in [0.717, 1.165) is 22.0 Å². The highest BCUT2D eigenvalue weighted by atomic mass is 32.2. The molecular weight excluding hydrogens is 348 g/mol. The molecular formula is C20H20N2O3S. The van der Waals surface area contributed by atoms with Crippen molar-refractivity contribution in [2.75, 3.05) is 18.6 Å². The maximum absolute atomic E-state index is 12.7. The van der Waals surface area contributed by atoms with Crippen LogP contribution in [0.5, 0.6) is 0 Å². The first-order valence-corrected chi connectivity index (χ1v) is 10.4. The molecule has 6 heteroatoms. The van der Waals surface area contributed by atoms with Gasteiger partial charge in [0.2, 0.25) is 0 Å². The Morgan fingerprint density at radius 2 is 1.81 bits per heavy atom. The molecule has 1 atom stereocenters. The predicted octanol–water partition coefficient (Wildman–Crippen LogP) is 3.09. The van der Waals surface area contributed by atoms with Gasteiger partial charge < -0.3 is 9.88 Å². The lowest BCUT2D eigenvalue weighted by atomic mass is 10.0. The topological polar surface area (TPSA) is 70.2 Å². The average Bonchev–Trinajstić information content (AvgIpc) is 3.25. The molecule has 0 bridgehead atoms. The van der Waals surface area contributed by atoms with E-state index in [0.29, 0.717) is 12.0 Å². The van der Waals surface area contributed by atoms with Gasteiger partial charge in [-0.2, -0.15) is 0 Å². The van der Waals surface area contributed by atoms with E-state index < -0.39 is 9.84 Å². The summed E-state index contributed by atoms with van der Waals surface area (Å²) in [6, 6.07) is 15.5. The summed E-state index contributed by atoms with van der Waals surface area (Å²) in [4.78, 5) is 17.4. The number of fused-ring (bicyclic) bond motifs is 1. The number of nitrogens with zero attached hydrogens (tertiary/aromatic N) is 1. The molecule has 26 heavy (non-hydrogen) atoms. The molecule has 2 aromatic carbocycles. The number of amides is 1. The fourth-order valence-corrected chi connectivity index (χ4v) is 5.26. The minimum Gasteiger partial charge on any atom is -0.361 e. The van der Waals surface area contributed by atoms with Crippen molar-refractivity contribution in [1.29, 1.82) is 0 Å². The molecule has 1 unspecified atom stereocenters. The lowest BCUT2D eigenvalue weighted by Gasteiger charge is -2.23. The Labute approximate surface area is 152 Å². The third kappa shape index (κ3) is 3.12. The molecule has 1 fully saturated rings. The summed E-state index contributed by atoms with van der Waals surface area (Å²) in [6.07, 6.45) is 2.42. The number of sulfone groups is 1. The van der Waals surface area contributed by atoms with Gasteiger partial charge in [0.15, 0.2) is 9.84 Å². The Hall–Kier alpha value is -2.60. The molecule has 3 aromatic rings. The zero-order chi connectivity index (χ0) is 18.3. The van der Waals surface area contributed by atoms with Crippen LogP contribution in [0.25, 0.3) is 22.0 Å². The van der Waals surface area contributed by atoms with Crippen LogP contribution in [-0.4, -0.2) is 48.8 Å². The SMILES string of the molecule is CN(C(=O)c1ccc(-c2ccc3cc[nH]c3c2)cc1)C1CCS(=O)(=O)C1. The van der Waals surface area contributed by atoms with E-state index >= 15 is 0 Å². The van der Waals surface area contributed by atoms with Gasteiger partial charge in [0.1, 0.15) is 0 Å². The minimum atomic E-state index is -3.01. The highest BCUT2D eigenvalue weighted by Crippen LogP contribution is 2.25. The monoisotopic (exact) mass is 368 g/mol. The normalized spacial score (nSPS) is 18.9. The van der Waals surface area contributed by atoms with Gasteiger partial charge in [-0.1, -0.05) is 24.3 Å². The van der Waals surface area contributed by atoms with Crippen molar-refractivity contribution >= 4 is 26.6 Å². The number of carbonyl (C=O) groups excluding carboxylic acids is 1. The Kier molecular flexibility index (Phi) is 4.07. The van der Waals surface area contributed by atoms with Gasteiger partial charge in [0, 0.05) is 30.4 Å². The van der Waals surface area contributed by atoms with E-state index in [1.165, 1.54) is 0 Å². The highest BCUT2D eigenvalue weighted by molar-refractivity contribution is 7.91. The average molecular weight is 368 g/mol. The van der Waals surface area contributed by atoms with Gasteiger partial charge in [0.05, 0.1) is 11.5 Å². The van der Waals surface area contributed by atoms with Crippen LogP contribution in [0.15, 0.2) is 54.7 Å². The van der Waals surface area contributed by atoms with Gasteiger partial charge in [-0.3, -0.25) is 4.79 Å². The fraction of sp³-hybridized carbons (Fsp3) is 0.250. The molecule has 0 spiro atoms. The standard InChI is InChI=1S/C20H20N2O3S/c1-22(18-9-11-26(24,25)13-18)20(23)16-5-2-14(3-6-16)17-7-4-15-8-10-21-19(15)12-17/h2-8,10,12,18,21H,9,11,13H2,1H3. The smallest absolute Gasteiger partial charge is 0.253 e. The number of benzene rings is 2. The molecule has 0 aliphatic carbocycles. The van der Waals surface area contributed by atoms with Gasteiger partial charge in [-0.05, 0) is 47.2 Å². The van der Waals surface area contributed by atoms with Gasteiger partial charge in [-0.15, -0.1) is 0 Å². The molecule has 1 amide bonds. The van der Waals surface area contributed by atoms with Gasteiger partial charge in [0.25, 0.3) is 5.91 Å². The van der Waals surface area contributed by atoms with Crippen LogP contribution < -0.4 is 0 Å². The van der Waals surface area contributed by atoms with Crippen molar-refractivity contribution in [3.05, 3.63) is 60.3 Å². The first kappa shape index (κ1) is 16.8. The molecule has 1 aromatic heterocycles. The summed E-state index contributed by atoms with van der Waals surface area (Å²) in [5.74, 6) is 0.0809. The van der Waals surface area contributed by atoms with Gasteiger partial charge in [-0.25, -0.2) is 8.42 Å². The molecule has 1 N–H and O–H groups in total. The number of aromatic nitrogens is 1. The lowest BCUT2D eigenvalue weighted by molar-refractivity contribution is 0.0747. The largest absolute Gasteiger partial charge is 0.361 e. The summed E-state index contributed by atoms with van der Waals surface area (Å²) in [5, 5.41) is 1.16. The second-order valence-corrected chi connectivity index (χ2v) is 9.06. The van der Waals surface area contributed by atoms with E-state index in [1.807, 2.05) is 24.4 Å². The Morgan fingerprint density at radius 3 is 2.50 bits per heavy atom.